The quantitative estimate of drug-likeness (QED) is 0.810. The number of aromatic nitrogens is 1. The molecule has 0 unspecified atom stereocenters. The normalized spacial score (nSPS) is 10.7. The molecule has 0 N–H and O–H groups in total. The van der Waals surface area contributed by atoms with Gasteiger partial charge in [-0.15, -0.1) is 0 Å². The second kappa shape index (κ2) is 7.59. The maximum atomic E-state index is 9.32. The largest absolute Gasteiger partial charge is 0.355 e. The fourth-order valence-corrected chi connectivity index (χ4v) is 3.23. The Labute approximate surface area is 140 Å². The van der Waals surface area contributed by atoms with Crippen LogP contribution in [0, 0.1) is 18.3 Å². The molecule has 0 atom stereocenters. The van der Waals surface area contributed by atoms with Crippen molar-refractivity contribution in [3.8, 4) is 6.07 Å². The Hall–Kier alpha value is -1.61. The molecule has 1 heterocycles. The standard InChI is InChI=1S/C16H19ClN4S/c1-12-5-4-6-13(9-12)11-21(8-7-20(2)3)16-14(10-18)15(17)19-22-16/h4-6,9H,7-8,11H2,1-3H3. The van der Waals surface area contributed by atoms with Crippen LogP contribution in [0.3, 0.4) is 0 Å². The molecular weight excluding hydrogens is 316 g/mol. The molecule has 0 bridgehead atoms. The Kier molecular flexibility index (Phi) is 5.78. The molecule has 4 nitrogen and oxygen atoms in total. The number of hydrogen-bond acceptors (Lipinski definition) is 5. The second-order valence-corrected chi connectivity index (χ2v) is 6.59. The van der Waals surface area contributed by atoms with E-state index in [0.717, 1.165) is 24.6 Å². The predicted octanol–water partition coefficient (Wildman–Crippen LogP) is 3.54. The van der Waals surface area contributed by atoms with Crippen molar-refractivity contribution >= 4 is 28.1 Å². The van der Waals surface area contributed by atoms with Crippen LogP contribution in [-0.4, -0.2) is 36.5 Å². The van der Waals surface area contributed by atoms with Crippen molar-refractivity contribution in [2.45, 2.75) is 13.5 Å². The van der Waals surface area contributed by atoms with Crippen molar-refractivity contribution in [1.29, 1.82) is 5.26 Å². The van der Waals surface area contributed by atoms with Gasteiger partial charge in [0.15, 0.2) is 5.15 Å². The molecule has 2 aromatic rings. The molecule has 0 saturated carbocycles. The monoisotopic (exact) mass is 334 g/mol. The third-order valence-corrected chi connectivity index (χ3v) is 4.59. The number of nitrogens with zero attached hydrogens (tertiary/aromatic N) is 4. The maximum Gasteiger partial charge on any atom is 0.162 e. The molecule has 116 valence electrons. The van der Waals surface area contributed by atoms with Crippen molar-refractivity contribution in [3.05, 3.63) is 46.1 Å². The van der Waals surface area contributed by atoms with E-state index in [9.17, 15) is 5.26 Å². The van der Waals surface area contributed by atoms with Gasteiger partial charge in [-0.3, -0.25) is 0 Å². The SMILES string of the molecule is Cc1cccc(CN(CCN(C)C)c2snc(Cl)c2C#N)c1. The molecule has 0 aliphatic carbocycles. The zero-order valence-electron chi connectivity index (χ0n) is 13.0. The average molecular weight is 335 g/mol. The van der Waals surface area contributed by atoms with Crippen LogP contribution in [0.1, 0.15) is 16.7 Å². The number of halogens is 1. The molecule has 0 aliphatic rings. The Balaban J connectivity index is 2.28. The van der Waals surface area contributed by atoms with E-state index in [-0.39, 0.29) is 0 Å². The Morgan fingerprint density at radius 2 is 2.09 bits per heavy atom. The average Bonchev–Trinajstić information content (AvgIpc) is 2.84. The van der Waals surface area contributed by atoms with E-state index in [1.54, 1.807) is 0 Å². The van der Waals surface area contributed by atoms with Gasteiger partial charge in [-0.05, 0) is 38.1 Å². The zero-order chi connectivity index (χ0) is 16.1. The number of benzene rings is 1. The van der Waals surface area contributed by atoms with Crippen LogP contribution < -0.4 is 4.90 Å². The third kappa shape index (κ3) is 4.20. The van der Waals surface area contributed by atoms with Crippen LogP contribution in [0.4, 0.5) is 5.00 Å². The summed E-state index contributed by atoms with van der Waals surface area (Å²) < 4.78 is 4.12. The van der Waals surface area contributed by atoms with Crippen LogP contribution in [0.5, 0.6) is 0 Å². The molecule has 1 aromatic heterocycles. The van der Waals surface area contributed by atoms with E-state index in [1.807, 2.05) is 14.1 Å². The fourth-order valence-electron chi connectivity index (χ4n) is 2.18. The molecule has 0 aliphatic heterocycles. The van der Waals surface area contributed by atoms with Crippen LogP contribution in [0.2, 0.25) is 5.15 Å². The first-order valence-electron chi connectivity index (χ1n) is 7.01. The molecule has 0 saturated heterocycles. The predicted molar refractivity (Wildman–Crippen MR) is 92.6 cm³/mol. The summed E-state index contributed by atoms with van der Waals surface area (Å²) in [5, 5.41) is 10.5. The highest BCUT2D eigenvalue weighted by Gasteiger charge is 2.18. The lowest BCUT2D eigenvalue weighted by Crippen LogP contribution is -2.31. The smallest absolute Gasteiger partial charge is 0.162 e. The van der Waals surface area contributed by atoms with Gasteiger partial charge in [0, 0.05) is 19.6 Å². The van der Waals surface area contributed by atoms with Crippen LogP contribution in [-0.2, 0) is 6.54 Å². The topological polar surface area (TPSA) is 43.2 Å². The van der Waals surface area contributed by atoms with E-state index in [4.69, 9.17) is 11.6 Å². The minimum absolute atomic E-state index is 0.293. The summed E-state index contributed by atoms with van der Waals surface area (Å²) in [7, 11) is 4.07. The summed E-state index contributed by atoms with van der Waals surface area (Å²) in [6, 6.07) is 10.6. The number of hydrogen-bond donors (Lipinski definition) is 0. The minimum Gasteiger partial charge on any atom is -0.355 e. The molecule has 0 fully saturated rings. The fraction of sp³-hybridized carbons (Fsp3) is 0.375. The van der Waals surface area contributed by atoms with Gasteiger partial charge >= 0.3 is 0 Å². The highest BCUT2D eigenvalue weighted by Crippen LogP contribution is 2.32. The van der Waals surface area contributed by atoms with Gasteiger partial charge in [0.05, 0.1) is 0 Å². The van der Waals surface area contributed by atoms with Crippen molar-refractivity contribution in [2.24, 2.45) is 0 Å². The Morgan fingerprint density at radius 3 is 2.73 bits per heavy atom. The van der Waals surface area contributed by atoms with Gasteiger partial charge in [-0.25, -0.2) is 0 Å². The highest BCUT2D eigenvalue weighted by molar-refractivity contribution is 7.10. The second-order valence-electron chi connectivity index (χ2n) is 5.48. The van der Waals surface area contributed by atoms with E-state index < -0.39 is 0 Å². The molecule has 0 radical (unpaired) electrons. The molecule has 22 heavy (non-hydrogen) atoms. The van der Waals surface area contributed by atoms with Crippen LogP contribution in [0.25, 0.3) is 0 Å². The molecule has 2 rings (SSSR count). The summed E-state index contributed by atoms with van der Waals surface area (Å²) >= 11 is 7.31. The molecule has 0 amide bonds. The highest BCUT2D eigenvalue weighted by atomic mass is 35.5. The molecular formula is C16H19ClN4S. The molecule has 6 heteroatoms. The maximum absolute atomic E-state index is 9.32. The van der Waals surface area contributed by atoms with Gasteiger partial charge in [0.2, 0.25) is 0 Å². The van der Waals surface area contributed by atoms with E-state index in [0.29, 0.717) is 10.7 Å². The minimum atomic E-state index is 0.293. The van der Waals surface area contributed by atoms with Crippen molar-refractivity contribution in [2.75, 3.05) is 32.1 Å². The van der Waals surface area contributed by atoms with Gasteiger partial charge in [-0.2, -0.15) is 9.64 Å². The summed E-state index contributed by atoms with van der Waals surface area (Å²) in [6.07, 6.45) is 0. The van der Waals surface area contributed by atoms with Gasteiger partial charge < -0.3 is 9.80 Å². The zero-order valence-corrected chi connectivity index (χ0v) is 14.6. The van der Waals surface area contributed by atoms with Gasteiger partial charge in [-0.1, -0.05) is 41.4 Å². The van der Waals surface area contributed by atoms with E-state index in [1.165, 1.54) is 22.7 Å². The van der Waals surface area contributed by atoms with E-state index in [2.05, 4.69) is 51.4 Å². The number of aryl methyl sites for hydroxylation is 1. The number of anilines is 1. The summed E-state index contributed by atoms with van der Waals surface area (Å²) in [5.74, 6) is 0. The van der Waals surface area contributed by atoms with Gasteiger partial charge in [0.25, 0.3) is 0 Å². The summed E-state index contributed by atoms with van der Waals surface area (Å²) in [4.78, 5) is 4.30. The first-order chi connectivity index (χ1) is 10.5. The van der Waals surface area contributed by atoms with Crippen molar-refractivity contribution < 1.29 is 0 Å². The number of likely N-dealkylation sites (N-methyl/N-ethyl adjacent to an activating group) is 1. The first-order valence-corrected chi connectivity index (χ1v) is 8.17. The van der Waals surface area contributed by atoms with Crippen LogP contribution in [0.15, 0.2) is 24.3 Å². The summed E-state index contributed by atoms with van der Waals surface area (Å²) in [5.41, 5.74) is 2.91. The first kappa shape index (κ1) is 16.8. The third-order valence-electron chi connectivity index (χ3n) is 3.30. The van der Waals surface area contributed by atoms with Crippen LogP contribution >= 0.6 is 23.1 Å². The lowest BCUT2D eigenvalue weighted by Gasteiger charge is -2.25. The number of nitriles is 1. The summed E-state index contributed by atoms with van der Waals surface area (Å²) in [6.45, 7) is 4.53. The number of rotatable bonds is 6. The van der Waals surface area contributed by atoms with Crippen molar-refractivity contribution in [3.63, 3.8) is 0 Å². The van der Waals surface area contributed by atoms with E-state index >= 15 is 0 Å². The van der Waals surface area contributed by atoms with Crippen molar-refractivity contribution in [1.82, 2.24) is 9.27 Å². The Morgan fingerprint density at radius 1 is 1.32 bits per heavy atom. The lowest BCUT2D eigenvalue weighted by atomic mass is 10.1. The Bertz CT molecular complexity index is 675. The lowest BCUT2D eigenvalue weighted by molar-refractivity contribution is 0.413. The van der Waals surface area contributed by atoms with Gasteiger partial charge in [0.1, 0.15) is 16.6 Å². The molecule has 1 aromatic carbocycles. The molecule has 0 spiro atoms.